The van der Waals surface area contributed by atoms with Crippen molar-refractivity contribution in [2.24, 2.45) is 0 Å². The summed E-state index contributed by atoms with van der Waals surface area (Å²) in [5, 5.41) is 4.28. The molecule has 1 aromatic heterocycles. The summed E-state index contributed by atoms with van der Waals surface area (Å²) < 4.78 is 5.18. The van der Waals surface area contributed by atoms with Gasteiger partial charge in [0.1, 0.15) is 5.56 Å². The van der Waals surface area contributed by atoms with Crippen LogP contribution in [0.15, 0.2) is 28.8 Å². The number of hydrogen-bond acceptors (Lipinski definition) is 6. The maximum absolute atomic E-state index is 12.4. The van der Waals surface area contributed by atoms with E-state index in [4.69, 9.17) is 9.36 Å². The number of aromatic nitrogens is 1. The Morgan fingerprint density at radius 3 is 2.39 bits per heavy atom. The number of carbonyl (C=O) groups is 3. The van der Waals surface area contributed by atoms with E-state index in [9.17, 15) is 14.4 Å². The fraction of sp³-hybridized carbons (Fsp3) is 0.250. The molecule has 7 heteroatoms. The molecular weight excluding hydrogens is 300 g/mol. The van der Waals surface area contributed by atoms with Gasteiger partial charge in [0.05, 0.1) is 16.8 Å². The molecule has 1 aliphatic carbocycles. The minimum absolute atomic E-state index is 0.154. The zero-order valence-corrected chi connectivity index (χ0v) is 12.2. The number of nitrogens with zero attached hydrogens (tertiary/aromatic N) is 2. The molecule has 0 unspecified atom stereocenters. The Kier molecular flexibility index (Phi) is 2.84. The van der Waals surface area contributed by atoms with Crippen molar-refractivity contribution in [2.75, 3.05) is 0 Å². The third kappa shape index (κ3) is 2.04. The molecular formula is C16H12N2O5. The normalized spacial score (nSPS) is 16.7. The number of fused-ring (bicyclic) bond motifs is 1. The highest BCUT2D eigenvalue weighted by Crippen LogP contribution is 2.42. The van der Waals surface area contributed by atoms with Gasteiger partial charge in [0.15, 0.2) is 5.76 Å². The van der Waals surface area contributed by atoms with E-state index in [0.717, 1.165) is 12.8 Å². The Balaban J connectivity index is 1.62. The van der Waals surface area contributed by atoms with E-state index >= 15 is 0 Å². The molecule has 23 heavy (non-hydrogen) atoms. The van der Waals surface area contributed by atoms with Gasteiger partial charge in [-0.15, -0.1) is 0 Å². The van der Waals surface area contributed by atoms with Gasteiger partial charge < -0.3 is 9.36 Å². The monoisotopic (exact) mass is 312 g/mol. The Morgan fingerprint density at radius 1 is 1.22 bits per heavy atom. The number of carbonyl (C=O) groups excluding carboxylic acids is 3. The predicted molar refractivity (Wildman–Crippen MR) is 75.6 cm³/mol. The fourth-order valence-electron chi connectivity index (χ4n) is 2.64. The molecule has 0 saturated heterocycles. The van der Waals surface area contributed by atoms with Crippen LogP contribution in [0.2, 0.25) is 0 Å². The number of hydrogen-bond donors (Lipinski definition) is 0. The fourth-order valence-corrected chi connectivity index (χ4v) is 2.64. The Hall–Kier alpha value is -2.96. The summed E-state index contributed by atoms with van der Waals surface area (Å²) in [6, 6.07) is 6.32. The second-order valence-electron chi connectivity index (χ2n) is 5.61. The van der Waals surface area contributed by atoms with Gasteiger partial charge in [0.25, 0.3) is 11.8 Å². The Labute approximate surface area is 130 Å². The van der Waals surface area contributed by atoms with E-state index in [1.165, 1.54) is 12.1 Å². The van der Waals surface area contributed by atoms with Gasteiger partial charge in [-0.05, 0) is 31.9 Å². The summed E-state index contributed by atoms with van der Waals surface area (Å²) >= 11 is 0. The lowest BCUT2D eigenvalue weighted by Gasteiger charge is -2.12. The largest absolute Gasteiger partial charge is 0.369 e. The van der Waals surface area contributed by atoms with E-state index in [1.807, 2.05) is 0 Å². The highest BCUT2D eigenvalue weighted by molar-refractivity contribution is 6.21. The van der Waals surface area contributed by atoms with Crippen molar-refractivity contribution in [3.05, 3.63) is 52.4 Å². The van der Waals surface area contributed by atoms with E-state index in [2.05, 4.69) is 5.16 Å². The first kappa shape index (κ1) is 13.7. The molecule has 0 N–H and O–H groups in total. The smallest absolute Gasteiger partial charge is 0.360 e. The summed E-state index contributed by atoms with van der Waals surface area (Å²) in [7, 11) is 0. The van der Waals surface area contributed by atoms with Crippen LogP contribution in [0.4, 0.5) is 0 Å². The van der Waals surface area contributed by atoms with Crippen molar-refractivity contribution in [2.45, 2.75) is 25.7 Å². The first-order valence-corrected chi connectivity index (χ1v) is 7.24. The minimum atomic E-state index is -0.805. The van der Waals surface area contributed by atoms with Crippen LogP contribution in [-0.4, -0.2) is 28.0 Å². The molecule has 2 amide bonds. The maximum Gasteiger partial charge on any atom is 0.369 e. The summed E-state index contributed by atoms with van der Waals surface area (Å²) in [4.78, 5) is 41.9. The van der Waals surface area contributed by atoms with Crippen LogP contribution in [0.25, 0.3) is 0 Å². The molecule has 2 aromatic rings. The molecule has 4 rings (SSSR count). The molecule has 0 atom stereocenters. The summed E-state index contributed by atoms with van der Waals surface area (Å²) in [6.07, 6.45) is 1.84. The van der Waals surface area contributed by atoms with Crippen LogP contribution in [0.5, 0.6) is 0 Å². The van der Waals surface area contributed by atoms with Crippen LogP contribution >= 0.6 is 0 Å². The van der Waals surface area contributed by atoms with Crippen LogP contribution in [0.1, 0.15) is 61.3 Å². The minimum Gasteiger partial charge on any atom is -0.360 e. The van der Waals surface area contributed by atoms with Crippen molar-refractivity contribution in [3.8, 4) is 0 Å². The van der Waals surface area contributed by atoms with Crippen LogP contribution < -0.4 is 0 Å². The van der Waals surface area contributed by atoms with Gasteiger partial charge in [-0.25, -0.2) is 4.79 Å². The zero-order valence-electron chi connectivity index (χ0n) is 12.2. The standard InChI is InChI=1S/C16H12N2O5/c1-8-12(13(22-17-8)9-6-7-9)16(21)23-18-14(19)10-4-2-3-5-11(10)15(18)20/h2-5,9H,6-7H2,1H3. The average molecular weight is 312 g/mol. The topological polar surface area (TPSA) is 89.7 Å². The summed E-state index contributed by atoms with van der Waals surface area (Å²) in [6.45, 7) is 1.62. The van der Waals surface area contributed by atoms with Gasteiger partial charge >= 0.3 is 5.97 Å². The first-order chi connectivity index (χ1) is 11.1. The number of aryl methyl sites for hydroxylation is 1. The molecule has 1 aliphatic heterocycles. The zero-order chi connectivity index (χ0) is 16.1. The Bertz CT molecular complexity index is 815. The van der Waals surface area contributed by atoms with Crippen molar-refractivity contribution < 1.29 is 23.7 Å². The number of amides is 2. The molecule has 2 heterocycles. The maximum atomic E-state index is 12.4. The van der Waals surface area contributed by atoms with Gasteiger partial charge in [0, 0.05) is 5.92 Å². The lowest BCUT2D eigenvalue weighted by Crippen LogP contribution is -2.33. The molecule has 2 aliphatic rings. The van der Waals surface area contributed by atoms with E-state index < -0.39 is 17.8 Å². The van der Waals surface area contributed by atoms with Crippen molar-refractivity contribution >= 4 is 17.8 Å². The summed E-state index contributed by atoms with van der Waals surface area (Å²) in [5.74, 6) is -1.49. The number of imide groups is 1. The van der Waals surface area contributed by atoms with Crippen LogP contribution in [0.3, 0.4) is 0 Å². The predicted octanol–water partition coefficient (Wildman–Crippen LogP) is 2.23. The molecule has 7 nitrogen and oxygen atoms in total. The van der Waals surface area contributed by atoms with Crippen LogP contribution in [0, 0.1) is 6.92 Å². The SMILES string of the molecule is Cc1noc(C2CC2)c1C(=O)ON1C(=O)c2ccccc2C1=O. The Morgan fingerprint density at radius 2 is 1.83 bits per heavy atom. The first-order valence-electron chi connectivity index (χ1n) is 7.24. The van der Waals surface area contributed by atoms with Crippen LogP contribution in [-0.2, 0) is 4.84 Å². The lowest BCUT2D eigenvalue weighted by molar-refractivity contribution is -0.0586. The third-order valence-corrected chi connectivity index (χ3v) is 3.97. The number of hydroxylamine groups is 2. The number of rotatable bonds is 3. The lowest BCUT2D eigenvalue weighted by atomic mass is 10.1. The van der Waals surface area contributed by atoms with E-state index in [0.29, 0.717) is 16.5 Å². The van der Waals surface area contributed by atoms with Crippen molar-refractivity contribution in [1.82, 2.24) is 10.2 Å². The molecule has 1 fully saturated rings. The molecule has 116 valence electrons. The van der Waals surface area contributed by atoms with Crippen molar-refractivity contribution in [1.29, 1.82) is 0 Å². The molecule has 0 bridgehead atoms. The van der Waals surface area contributed by atoms with Gasteiger partial charge in [-0.2, -0.15) is 0 Å². The van der Waals surface area contributed by atoms with Gasteiger partial charge in [0.2, 0.25) is 0 Å². The van der Waals surface area contributed by atoms with Gasteiger partial charge in [-0.3, -0.25) is 9.59 Å². The molecule has 0 radical (unpaired) electrons. The summed E-state index contributed by atoms with van der Waals surface area (Å²) in [5.41, 5.74) is 1.02. The average Bonchev–Trinajstić information content (AvgIpc) is 3.28. The quantitative estimate of drug-likeness (QED) is 0.807. The highest BCUT2D eigenvalue weighted by atomic mass is 16.7. The molecule has 1 saturated carbocycles. The van der Waals surface area contributed by atoms with Gasteiger partial charge in [-0.1, -0.05) is 22.4 Å². The van der Waals surface area contributed by atoms with E-state index in [1.54, 1.807) is 19.1 Å². The molecule has 0 spiro atoms. The second-order valence-corrected chi connectivity index (χ2v) is 5.61. The second kappa shape index (κ2) is 4.77. The number of benzene rings is 1. The highest BCUT2D eigenvalue weighted by Gasteiger charge is 2.41. The third-order valence-electron chi connectivity index (χ3n) is 3.97. The van der Waals surface area contributed by atoms with E-state index in [-0.39, 0.29) is 22.6 Å². The van der Waals surface area contributed by atoms with Crippen molar-refractivity contribution in [3.63, 3.8) is 0 Å². The molecule has 1 aromatic carbocycles.